The number of anilines is 4. The van der Waals surface area contributed by atoms with E-state index < -0.39 is 0 Å². The quantitative estimate of drug-likeness (QED) is 0.721. The van der Waals surface area contributed by atoms with Crippen molar-refractivity contribution < 1.29 is 4.52 Å². The van der Waals surface area contributed by atoms with Gasteiger partial charge in [0.05, 0.1) is 0 Å². The van der Waals surface area contributed by atoms with Crippen molar-refractivity contribution in [1.29, 1.82) is 0 Å². The molecule has 0 aliphatic heterocycles. The van der Waals surface area contributed by atoms with Gasteiger partial charge in [0, 0.05) is 22.3 Å². The van der Waals surface area contributed by atoms with E-state index in [1.54, 1.807) is 12.1 Å². The highest BCUT2D eigenvalue weighted by Crippen LogP contribution is 2.23. The molecule has 2 heterocycles. The first-order chi connectivity index (χ1) is 10.6. The lowest BCUT2D eigenvalue weighted by Crippen LogP contribution is -1.98. The Morgan fingerprint density at radius 2 is 1.73 bits per heavy atom. The molecule has 0 bridgehead atoms. The Kier molecular flexibility index (Phi) is 4.06. The lowest BCUT2D eigenvalue weighted by Gasteiger charge is -2.08. The Labute approximate surface area is 136 Å². The highest BCUT2D eigenvalue weighted by molar-refractivity contribution is 9.10. The van der Waals surface area contributed by atoms with Crippen LogP contribution in [-0.2, 0) is 0 Å². The predicted octanol–water partition coefficient (Wildman–Crippen LogP) is 4.33. The third-order valence-corrected chi connectivity index (χ3v) is 3.87. The smallest absolute Gasteiger partial charge is 0.175 e. The molecule has 0 saturated heterocycles. The molecule has 22 heavy (non-hydrogen) atoms. The third kappa shape index (κ3) is 3.43. The molecule has 112 valence electrons. The van der Waals surface area contributed by atoms with Crippen LogP contribution in [-0.4, -0.2) is 15.1 Å². The molecule has 2 aromatic heterocycles. The molecule has 0 aliphatic rings. The molecule has 0 atom stereocenters. The average molecular weight is 360 g/mol. The van der Waals surface area contributed by atoms with Gasteiger partial charge in [-0.15, -0.1) is 0 Å². The van der Waals surface area contributed by atoms with Gasteiger partial charge in [0.1, 0.15) is 23.7 Å². The summed E-state index contributed by atoms with van der Waals surface area (Å²) in [5, 5.41) is 10.2. The molecule has 0 aliphatic carbocycles. The standard InChI is InChI=1S/C15H14BrN5O/c1-9-5-11(3-4-12(9)16)19-13-7-14(18-8-17-13)20-15-6-10(2)22-21-15/h3-8H,1-2H3,(H2,17,18,19,20,21). The topological polar surface area (TPSA) is 75.9 Å². The number of benzene rings is 1. The lowest BCUT2D eigenvalue weighted by molar-refractivity contribution is 0.400. The van der Waals surface area contributed by atoms with Crippen LogP contribution in [0.25, 0.3) is 0 Å². The van der Waals surface area contributed by atoms with E-state index >= 15 is 0 Å². The number of rotatable bonds is 4. The number of hydrogen-bond donors (Lipinski definition) is 2. The van der Waals surface area contributed by atoms with Crippen LogP contribution in [0.1, 0.15) is 11.3 Å². The molecule has 0 radical (unpaired) electrons. The monoisotopic (exact) mass is 359 g/mol. The minimum absolute atomic E-state index is 0.613. The van der Waals surface area contributed by atoms with E-state index in [0.717, 1.165) is 21.5 Å². The number of nitrogens with zero attached hydrogens (tertiary/aromatic N) is 3. The van der Waals surface area contributed by atoms with Crippen LogP contribution in [0.15, 0.2) is 45.7 Å². The first-order valence-electron chi connectivity index (χ1n) is 6.66. The summed E-state index contributed by atoms with van der Waals surface area (Å²) in [5.41, 5.74) is 2.11. The maximum Gasteiger partial charge on any atom is 0.175 e. The van der Waals surface area contributed by atoms with Gasteiger partial charge in [-0.1, -0.05) is 21.1 Å². The van der Waals surface area contributed by atoms with E-state index in [2.05, 4.69) is 41.7 Å². The van der Waals surface area contributed by atoms with Gasteiger partial charge in [0.2, 0.25) is 0 Å². The molecular formula is C15H14BrN5O. The molecule has 0 amide bonds. The Morgan fingerprint density at radius 1 is 0.955 bits per heavy atom. The van der Waals surface area contributed by atoms with Crippen molar-refractivity contribution in [2.75, 3.05) is 10.6 Å². The highest BCUT2D eigenvalue weighted by atomic mass is 79.9. The number of halogens is 1. The van der Waals surface area contributed by atoms with Crippen LogP contribution in [0, 0.1) is 13.8 Å². The second-order valence-electron chi connectivity index (χ2n) is 4.83. The molecule has 3 aromatic rings. The van der Waals surface area contributed by atoms with Crippen LogP contribution in [0.3, 0.4) is 0 Å². The second-order valence-corrected chi connectivity index (χ2v) is 5.68. The number of aryl methyl sites for hydroxylation is 2. The summed E-state index contributed by atoms with van der Waals surface area (Å²) in [7, 11) is 0. The van der Waals surface area contributed by atoms with Gasteiger partial charge in [0.15, 0.2) is 5.82 Å². The largest absolute Gasteiger partial charge is 0.360 e. The van der Waals surface area contributed by atoms with Crippen LogP contribution in [0.5, 0.6) is 0 Å². The second kappa shape index (κ2) is 6.15. The summed E-state index contributed by atoms with van der Waals surface area (Å²) < 4.78 is 6.08. The van der Waals surface area contributed by atoms with E-state index in [-0.39, 0.29) is 0 Å². The fourth-order valence-electron chi connectivity index (χ4n) is 1.92. The first kappa shape index (κ1) is 14.5. The third-order valence-electron chi connectivity index (χ3n) is 2.98. The SMILES string of the molecule is Cc1cc(Nc2cc(Nc3ccc(Br)c(C)c3)ncn2)no1. The molecule has 0 fully saturated rings. The summed E-state index contributed by atoms with van der Waals surface area (Å²) in [6.45, 7) is 3.87. The van der Waals surface area contributed by atoms with E-state index in [1.165, 1.54) is 6.33 Å². The molecule has 0 saturated carbocycles. The Hall–Kier alpha value is -2.41. The minimum Gasteiger partial charge on any atom is -0.360 e. The van der Waals surface area contributed by atoms with Crippen LogP contribution in [0.4, 0.5) is 23.1 Å². The van der Waals surface area contributed by atoms with Crippen molar-refractivity contribution in [2.24, 2.45) is 0 Å². The summed E-state index contributed by atoms with van der Waals surface area (Å²) in [5.74, 6) is 2.68. The Bertz CT molecular complexity index is 802. The number of nitrogens with one attached hydrogen (secondary N) is 2. The molecule has 6 nitrogen and oxygen atoms in total. The zero-order chi connectivity index (χ0) is 15.5. The normalized spacial score (nSPS) is 10.5. The Balaban J connectivity index is 1.77. The number of aromatic nitrogens is 3. The molecule has 2 N–H and O–H groups in total. The first-order valence-corrected chi connectivity index (χ1v) is 7.45. The zero-order valence-electron chi connectivity index (χ0n) is 12.1. The van der Waals surface area contributed by atoms with E-state index in [1.807, 2.05) is 32.0 Å². The van der Waals surface area contributed by atoms with E-state index in [4.69, 9.17) is 4.52 Å². The van der Waals surface area contributed by atoms with Crippen LogP contribution in [0.2, 0.25) is 0 Å². The van der Waals surface area contributed by atoms with E-state index in [0.29, 0.717) is 17.5 Å². The van der Waals surface area contributed by atoms with Crippen molar-refractivity contribution in [3.63, 3.8) is 0 Å². The van der Waals surface area contributed by atoms with Crippen LogP contribution < -0.4 is 10.6 Å². The van der Waals surface area contributed by atoms with Crippen molar-refractivity contribution >= 4 is 39.1 Å². The van der Waals surface area contributed by atoms with Gasteiger partial charge >= 0.3 is 0 Å². The summed E-state index contributed by atoms with van der Waals surface area (Å²) in [4.78, 5) is 8.38. The maximum absolute atomic E-state index is 5.01. The fourth-order valence-corrected chi connectivity index (χ4v) is 2.17. The zero-order valence-corrected chi connectivity index (χ0v) is 13.7. The molecule has 3 rings (SSSR count). The van der Waals surface area contributed by atoms with Gasteiger partial charge in [-0.05, 0) is 37.6 Å². The van der Waals surface area contributed by atoms with Crippen LogP contribution >= 0.6 is 15.9 Å². The van der Waals surface area contributed by atoms with Crippen molar-refractivity contribution in [1.82, 2.24) is 15.1 Å². The summed E-state index contributed by atoms with van der Waals surface area (Å²) in [6.07, 6.45) is 1.49. The summed E-state index contributed by atoms with van der Waals surface area (Å²) >= 11 is 3.49. The van der Waals surface area contributed by atoms with Gasteiger partial charge in [0.25, 0.3) is 0 Å². The highest BCUT2D eigenvalue weighted by Gasteiger charge is 2.04. The molecule has 1 aromatic carbocycles. The van der Waals surface area contributed by atoms with Crippen molar-refractivity contribution in [3.8, 4) is 0 Å². The van der Waals surface area contributed by atoms with Gasteiger partial charge in [-0.3, -0.25) is 0 Å². The Morgan fingerprint density at radius 3 is 2.41 bits per heavy atom. The van der Waals surface area contributed by atoms with E-state index in [9.17, 15) is 0 Å². The molecule has 7 heteroatoms. The predicted molar refractivity (Wildman–Crippen MR) is 88.7 cm³/mol. The number of hydrogen-bond acceptors (Lipinski definition) is 6. The van der Waals surface area contributed by atoms with Gasteiger partial charge in [-0.2, -0.15) is 0 Å². The van der Waals surface area contributed by atoms with Gasteiger partial charge < -0.3 is 15.2 Å². The molecule has 0 spiro atoms. The maximum atomic E-state index is 5.01. The lowest BCUT2D eigenvalue weighted by atomic mass is 10.2. The van der Waals surface area contributed by atoms with Gasteiger partial charge in [-0.25, -0.2) is 9.97 Å². The van der Waals surface area contributed by atoms with Crippen molar-refractivity contribution in [3.05, 3.63) is 52.5 Å². The summed E-state index contributed by atoms with van der Waals surface area (Å²) in [6, 6.07) is 9.62. The average Bonchev–Trinajstić information content (AvgIpc) is 2.89. The molecular weight excluding hydrogens is 346 g/mol. The fraction of sp³-hybridized carbons (Fsp3) is 0.133. The molecule has 0 unspecified atom stereocenters. The van der Waals surface area contributed by atoms with Crippen molar-refractivity contribution in [2.45, 2.75) is 13.8 Å². The minimum atomic E-state index is 0.613.